The molecule has 1 spiro atoms. The third-order valence-electron chi connectivity index (χ3n) is 5.97. The highest BCUT2D eigenvalue weighted by Gasteiger charge is 2.44. The molecule has 3 N–H and O–H groups in total. The van der Waals surface area contributed by atoms with E-state index in [0.717, 1.165) is 29.3 Å². The van der Waals surface area contributed by atoms with Crippen LogP contribution in [0.3, 0.4) is 0 Å². The Hall–Kier alpha value is -2.72. The number of nitrogen functional groups attached to an aromatic ring is 1. The zero-order valence-corrected chi connectivity index (χ0v) is 14.7. The lowest BCUT2D eigenvalue weighted by molar-refractivity contribution is 0.432. The largest absolute Gasteiger partial charge is 0.308 e. The van der Waals surface area contributed by atoms with Crippen molar-refractivity contribution in [3.63, 3.8) is 0 Å². The predicted molar refractivity (Wildman–Crippen MR) is 105 cm³/mol. The second kappa shape index (κ2) is 5.92. The van der Waals surface area contributed by atoms with Crippen LogP contribution in [-0.4, -0.2) is 9.97 Å². The number of aromatic nitrogens is 2. The van der Waals surface area contributed by atoms with Gasteiger partial charge in [-0.25, -0.2) is 15.8 Å². The SMILES string of the molecule is NNc1nc(-c2ccccc2)nc2c1C1(CCCC1)Cc1ccccc1-2. The zero-order valence-electron chi connectivity index (χ0n) is 14.7. The van der Waals surface area contributed by atoms with Crippen LogP contribution in [0.5, 0.6) is 0 Å². The summed E-state index contributed by atoms with van der Waals surface area (Å²) >= 11 is 0. The third-order valence-corrected chi connectivity index (χ3v) is 5.97. The van der Waals surface area contributed by atoms with Crippen LogP contribution in [0.15, 0.2) is 54.6 Å². The normalized spacial score (nSPS) is 17.0. The van der Waals surface area contributed by atoms with Gasteiger partial charge in [0.1, 0.15) is 5.82 Å². The van der Waals surface area contributed by atoms with Crippen molar-refractivity contribution >= 4 is 5.82 Å². The van der Waals surface area contributed by atoms with E-state index in [4.69, 9.17) is 15.8 Å². The molecule has 4 nitrogen and oxygen atoms in total. The van der Waals surface area contributed by atoms with Crippen molar-refractivity contribution < 1.29 is 0 Å². The lowest BCUT2D eigenvalue weighted by Gasteiger charge is -2.37. The molecule has 2 aromatic carbocycles. The van der Waals surface area contributed by atoms with Gasteiger partial charge in [-0.1, -0.05) is 67.4 Å². The van der Waals surface area contributed by atoms with E-state index in [9.17, 15) is 0 Å². The van der Waals surface area contributed by atoms with Gasteiger partial charge in [0.15, 0.2) is 5.82 Å². The number of hydrogen-bond donors (Lipinski definition) is 2. The van der Waals surface area contributed by atoms with Gasteiger partial charge in [0.25, 0.3) is 0 Å². The van der Waals surface area contributed by atoms with Gasteiger partial charge >= 0.3 is 0 Å². The molecular weight excluding hydrogens is 320 g/mol. The highest BCUT2D eigenvalue weighted by atomic mass is 15.3. The first-order valence-electron chi connectivity index (χ1n) is 9.34. The average Bonchev–Trinajstić information content (AvgIpc) is 3.16. The van der Waals surface area contributed by atoms with Crippen molar-refractivity contribution in [3.8, 4) is 22.6 Å². The molecular formula is C22H22N4. The fourth-order valence-corrected chi connectivity index (χ4v) is 4.82. The molecule has 130 valence electrons. The van der Waals surface area contributed by atoms with Crippen LogP contribution in [0.25, 0.3) is 22.6 Å². The molecule has 5 rings (SSSR count). The maximum atomic E-state index is 5.95. The first-order valence-corrected chi connectivity index (χ1v) is 9.34. The summed E-state index contributed by atoms with van der Waals surface area (Å²) in [7, 11) is 0. The van der Waals surface area contributed by atoms with Gasteiger partial charge in [0.05, 0.1) is 5.69 Å². The molecule has 0 radical (unpaired) electrons. The molecule has 0 bridgehead atoms. The highest BCUT2D eigenvalue weighted by Crippen LogP contribution is 2.53. The molecule has 0 saturated heterocycles. The number of hydrogen-bond acceptors (Lipinski definition) is 4. The van der Waals surface area contributed by atoms with Crippen molar-refractivity contribution in [2.24, 2.45) is 5.84 Å². The summed E-state index contributed by atoms with van der Waals surface area (Å²) in [5.41, 5.74) is 8.90. The van der Waals surface area contributed by atoms with E-state index >= 15 is 0 Å². The molecule has 0 atom stereocenters. The second-order valence-corrected chi connectivity index (χ2v) is 7.45. The zero-order chi connectivity index (χ0) is 17.6. The Morgan fingerprint density at radius 3 is 2.38 bits per heavy atom. The van der Waals surface area contributed by atoms with Gasteiger partial charge in [-0.2, -0.15) is 0 Å². The summed E-state index contributed by atoms with van der Waals surface area (Å²) in [5, 5.41) is 0. The third kappa shape index (κ3) is 2.26. The monoisotopic (exact) mass is 342 g/mol. The smallest absolute Gasteiger partial charge is 0.162 e. The molecule has 26 heavy (non-hydrogen) atoms. The fraction of sp³-hybridized carbons (Fsp3) is 0.273. The lowest BCUT2D eigenvalue weighted by atomic mass is 9.68. The Labute approximate surface area is 153 Å². The summed E-state index contributed by atoms with van der Waals surface area (Å²) < 4.78 is 0. The van der Waals surface area contributed by atoms with Crippen LogP contribution < -0.4 is 11.3 Å². The van der Waals surface area contributed by atoms with E-state index in [-0.39, 0.29) is 5.41 Å². The molecule has 2 aliphatic rings. The Morgan fingerprint density at radius 1 is 0.885 bits per heavy atom. The van der Waals surface area contributed by atoms with Crippen molar-refractivity contribution in [2.45, 2.75) is 37.5 Å². The first-order chi connectivity index (χ1) is 12.8. The summed E-state index contributed by atoms with van der Waals surface area (Å²) in [4.78, 5) is 9.87. The van der Waals surface area contributed by atoms with E-state index in [1.165, 1.54) is 42.4 Å². The van der Waals surface area contributed by atoms with Crippen LogP contribution in [0.4, 0.5) is 5.82 Å². The average molecular weight is 342 g/mol. The minimum absolute atomic E-state index is 0.112. The van der Waals surface area contributed by atoms with E-state index in [1.54, 1.807) is 0 Å². The van der Waals surface area contributed by atoms with Crippen LogP contribution in [0.1, 0.15) is 36.8 Å². The van der Waals surface area contributed by atoms with Gasteiger partial charge in [-0.3, -0.25) is 0 Å². The van der Waals surface area contributed by atoms with Crippen molar-refractivity contribution in [1.82, 2.24) is 9.97 Å². The standard InChI is InChI=1S/C22H22N4/c23-26-21-18-19(24-20(25-21)15-8-2-1-3-9-15)17-11-5-4-10-16(17)14-22(18)12-6-7-13-22/h1-5,8-11H,6-7,12-14,23H2,(H,24,25,26). The molecule has 0 aliphatic heterocycles. The molecule has 1 heterocycles. The molecule has 2 aliphatic carbocycles. The van der Waals surface area contributed by atoms with Crippen LogP contribution in [-0.2, 0) is 11.8 Å². The van der Waals surface area contributed by atoms with Crippen molar-refractivity contribution in [3.05, 3.63) is 65.7 Å². The Morgan fingerprint density at radius 2 is 1.62 bits per heavy atom. The van der Waals surface area contributed by atoms with Crippen LogP contribution >= 0.6 is 0 Å². The topological polar surface area (TPSA) is 63.8 Å². The van der Waals surface area contributed by atoms with Crippen molar-refractivity contribution in [2.75, 3.05) is 5.43 Å². The number of nitrogens with zero attached hydrogens (tertiary/aromatic N) is 2. The van der Waals surface area contributed by atoms with Gasteiger partial charge in [-0.15, -0.1) is 0 Å². The van der Waals surface area contributed by atoms with E-state index in [1.807, 2.05) is 30.3 Å². The number of rotatable bonds is 2. The predicted octanol–water partition coefficient (Wildman–Crippen LogP) is 4.46. The maximum absolute atomic E-state index is 5.95. The Bertz CT molecular complexity index is 959. The molecule has 4 heteroatoms. The van der Waals surface area contributed by atoms with Gasteiger partial charge in [-0.05, 0) is 24.8 Å². The van der Waals surface area contributed by atoms with Gasteiger partial charge in [0, 0.05) is 22.1 Å². The fourth-order valence-electron chi connectivity index (χ4n) is 4.82. The number of fused-ring (bicyclic) bond motifs is 4. The Kier molecular flexibility index (Phi) is 3.54. The first kappa shape index (κ1) is 15.5. The summed E-state index contributed by atoms with van der Waals surface area (Å²) in [6, 6.07) is 18.8. The molecule has 0 unspecified atom stereocenters. The van der Waals surface area contributed by atoms with E-state index in [0.29, 0.717) is 0 Å². The maximum Gasteiger partial charge on any atom is 0.162 e. The minimum Gasteiger partial charge on any atom is -0.308 e. The molecule has 1 aromatic heterocycles. The number of benzene rings is 2. The molecule has 1 saturated carbocycles. The second-order valence-electron chi connectivity index (χ2n) is 7.45. The lowest BCUT2D eigenvalue weighted by Crippen LogP contribution is -2.32. The summed E-state index contributed by atoms with van der Waals surface area (Å²) in [6.07, 6.45) is 5.92. The van der Waals surface area contributed by atoms with Crippen LogP contribution in [0.2, 0.25) is 0 Å². The molecule has 0 amide bonds. The van der Waals surface area contributed by atoms with Crippen LogP contribution in [0, 0.1) is 0 Å². The molecule has 1 fully saturated rings. The number of nitrogens with one attached hydrogen (secondary N) is 1. The number of hydrazine groups is 1. The molecule has 3 aromatic rings. The number of nitrogens with two attached hydrogens (primary N) is 1. The quantitative estimate of drug-likeness (QED) is 0.533. The van der Waals surface area contributed by atoms with Gasteiger partial charge in [0.2, 0.25) is 0 Å². The Balaban J connectivity index is 1.81. The van der Waals surface area contributed by atoms with Gasteiger partial charge < -0.3 is 5.43 Å². The minimum atomic E-state index is 0.112. The van der Waals surface area contributed by atoms with Crippen molar-refractivity contribution in [1.29, 1.82) is 0 Å². The summed E-state index contributed by atoms with van der Waals surface area (Å²) in [5.74, 6) is 7.46. The van der Waals surface area contributed by atoms with E-state index in [2.05, 4.69) is 29.7 Å². The summed E-state index contributed by atoms with van der Waals surface area (Å²) in [6.45, 7) is 0. The number of anilines is 1. The van der Waals surface area contributed by atoms with E-state index < -0.39 is 0 Å². The highest BCUT2D eigenvalue weighted by molar-refractivity contribution is 5.78.